The highest BCUT2D eigenvalue weighted by Crippen LogP contribution is 2.84. The van der Waals surface area contributed by atoms with Crippen LogP contribution in [0.15, 0.2) is 47.9 Å². The molecule has 2 bridgehead atoms. The largest absolute Gasteiger partial charge is 0.396 e. The summed E-state index contributed by atoms with van der Waals surface area (Å²) in [6, 6.07) is 7.09. The van der Waals surface area contributed by atoms with Crippen LogP contribution in [-0.2, 0) is 48.8 Å². The van der Waals surface area contributed by atoms with E-state index >= 15 is 14.4 Å². The molecule has 2 spiro atoms. The number of ether oxygens (including phenoxy) is 2. The highest BCUT2D eigenvalue weighted by molar-refractivity contribution is 6.02. The van der Waals surface area contributed by atoms with Crippen molar-refractivity contribution in [3.63, 3.8) is 0 Å². The van der Waals surface area contributed by atoms with Gasteiger partial charge in [0.25, 0.3) is 0 Å². The number of allylic oxidation sites excluding steroid dienone is 1. The van der Waals surface area contributed by atoms with Crippen LogP contribution in [0.4, 0.5) is 0 Å². The molecule has 9 aliphatic carbocycles. The summed E-state index contributed by atoms with van der Waals surface area (Å²) in [5.41, 5.74) is 7.27. The maximum absolute atomic E-state index is 16.5. The molecule has 16 rings (SSSR count). The van der Waals surface area contributed by atoms with Crippen molar-refractivity contribution >= 4 is 28.4 Å². The van der Waals surface area contributed by atoms with Gasteiger partial charge in [0, 0.05) is 110 Å². The van der Waals surface area contributed by atoms with Crippen molar-refractivity contribution in [2.24, 2.45) is 56.2 Å². The summed E-state index contributed by atoms with van der Waals surface area (Å²) in [5.74, 6) is -0.894. The number of aliphatic hydroxyl groups excluding tert-OH is 3. The Hall–Kier alpha value is -4.21. The first-order valence-corrected chi connectivity index (χ1v) is 34.6. The number of carbonyl (C=O) groups is 3. The number of rotatable bonds is 9. The van der Waals surface area contributed by atoms with Crippen LogP contribution in [0.1, 0.15) is 238 Å². The van der Waals surface area contributed by atoms with E-state index in [1.165, 1.54) is 23.2 Å². The molecule has 13 heteroatoms. The van der Waals surface area contributed by atoms with E-state index in [1.807, 2.05) is 13.8 Å². The number of hydrogen-bond donors (Lipinski definition) is 7. The molecule has 3 aliphatic heterocycles. The third-order valence-electron chi connectivity index (χ3n) is 28.6. The quantitative estimate of drug-likeness (QED) is 0.0791. The Bertz CT molecular complexity index is 3540. The number of fused-ring (bicyclic) bond motifs is 10. The number of ketones is 3. The molecule has 6 heterocycles. The summed E-state index contributed by atoms with van der Waals surface area (Å²) in [7, 11) is 2.07. The number of Topliss-reactive ketones (excluding diaryl/α,β-unsaturated/α-hetero) is 3. The number of aryl methyl sites for hydroxylation is 1. The second-order valence-electron chi connectivity index (χ2n) is 32.7. The van der Waals surface area contributed by atoms with Crippen LogP contribution in [-0.4, -0.2) is 109 Å². The van der Waals surface area contributed by atoms with Crippen LogP contribution in [0.3, 0.4) is 0 Å². The van der Waals surface area contributed by atoms with Crippen molar-refractivity contribution < 1.29 is 44.3 Å². The molecule has 4 aromatic rings. The fourth-order valence-corrected chi connectivity index (χ4v) is 24.5. The van der Waals surface area contributed by atoms with Gasteiger partial charge < -0.3 is 49.8 Å². The summed E-state index contributed by atoms with van der Waals surface area (Å²) < 4.78 is 14.5. The van der Waals surface area contributed by atoms with E-state index in [2.05, 4.69) is 91.4 Å². The maximum Gasteiger partial charge on any atom is 0.160 e. The van der Waals surface area contributed by atoms with Crippen molar-refractivity contribution in [1.29, 1.82) is 0 Å². The van der Waals surface area contributed by atoms with Crippen molar-refractivity contribution in [2.75, 3.05) is 26.9 Å². The topological polar surface area (TPSA) is 202 Å². The molecule has 13 nitrogen and oxygen atoms in total. The number of nitrogens with zero attached hydrogens (tertiary/aromatic N) is 1. The number of nitrogens with one attached hydrogen (secondary N) is 3. The first-order valence-electron chi connectivity index (χ1n) is 34.6. The lowest BCUT2D eigenvalue weighted by Crippen LogP contribution is -2.75. The standard InChI is InChI=1S/C74H98N4O9/c1-67(2)66(87-67)53(81)35-68(3)21-15-43-37-77-60-49(55-48-31-44(40-12-9-8-10-13-40)32-51(74(85)24-28-86-29-25-74)47(48)30-41(19-27-79)62(55)82)38-78(61(43)60)39-50-56-58(68)52(80)36-70(56,5)69(4)22-17-54-71(6,64(69)63(50)83)73-23-16-42(33-73)59-46(18-26-76-59)57(73)65(84)72(54)20-11-14-45(34-72)75-7/h18,26,31-32,37-38,40-42,45,50,53-55,57,63-64,66,75-77,79,81,83,85H,8-17,19-25,27-30,33-36,39H2,1-7H3/t41-,42-,45-,50-,53-,54-,55+,57+,63-,64+,66-,68+,69+,70+,71-,72+,73-/m1/s1. The lowest BCUT2D eigenvalue weighted by Gasteiger charge is -2.76. The van der Waals surface area contributed by atoms with Crippen LogP contribution < -0.4 is 5.32 Å². The summed E-state index contributed by atoms with van der Waals surface area (Å²) in [5, 5.41) is 54.7. The van der Waals surface area contributed by atoms with Crippen LogP contribution in [0.25, 0.3) is 11.0 Å². The maximum atomic E-state index is 16.5. The molecule has 3 aromatic heterocycles. The Morgan fingerprint density at radius 2 is 1.64 bits per heavy atom. The predicted molar refractivity (Wildman–Crippen MR) is 332 cm³/mol. The van der Waals surface area contributed by atoms with Gasteiger partial charge in [-0.1, -0.05) is 65.5 Å². The van der Waals surface area contributed by atoms with Crippen molar-refractivity contribution in [3.8, 4) is 0 Å². The third-order valence-corrected chi connectivity index (χ3v) is 28.6. The SMILES string of the molecule is CN[C@@H]1CCC[C@@]2(C1)C(=O)[C@@H]1c3cc[nH]c3[C@@H]3CC[C@]1(C3)[C@@]1(C)[C@H]3[C@H](O)[C@@H]4Cn5cc([C@H]6C(=O)[C@H](CCO)Cc7c6cc(C6CCCCC6)cc7C6(O)CCOCC6)c6[nH]cc(c65)CC[C@@](C)(C[C@@H](O)[C@H]5OC5(C)C)C5=C4[C@](C)(CC5=O)[C@@]3(C)CC[C@@H]21. The molecule has 17 atom stereocenters. The van der Waals surface area contributed by atoms with Gasteiger partial charge in [0.1, 0.15) is 17.7 Å². The van der Waals surface area contributed by atoms with Crippen LogP contribution in [0.5, 0.6) is 0 Å². The van der Waals surface area contributed by atoms with Gasteiger partial charge in [-0.2, -0.15) is 0 Å². The minimum absolute atomic E-state index is 0.0393. The van der Waals surface area contributed by atoms with Gasteiger partial charge in [0.2, 0.25) is 0 Å². The number of carbonyl (C=O) groups excluding carboxylic acids is 3. The lowest BCUT2D eigenvalue weighted by atomic mass is 9.27. The van der Waals surface area contributed by atoms with Crippen LogP contribution in [0.2, 0.25) is 0 Å². The fourth-order valence-electron chi connectivity index (χ4n) is 24.5. The number of aliphatic hydroxyl groups is 4. The van der Waals surface area contributed by atoms with E-state index in [1.54, 1.807) is 0 Å². The van der Waals surface area contributed by atoms with Gasteiger partial charge in [0.15, 0.2) is 5.78 Å². The van der Waals surface area contributed by atoms with Gasteiger partial charge >= 0.3 is 0 Å². The van der Waals surface area contributed by atoms with E-state index in [0.29, 0.717) is 88.7 Å². The second kappa shape index (κ2) is 19.7. The molecule has 1 aromatic carbocycles. The monoisotopic (exact) mass is 1190 g/mol. The average Bonchev–Trinajstić information content (AvgIpc) is 1.64. The number of benzene rings is 1. The normalized spacial score (nSPS) is 42.1. The Balaban J connectivity index is 0.912. The molecule has 7 N–H and O–H groups in total. The molecule has 87 heavy (non-hydrogen) atoms. The Kier molecular flexibility index (Phi) is 13.1. The number of aromatic amines is 2. The molecule has 12 aliphatic rings. The molecule has 0 amide bonds. The van der Waals surface area contributed by atoms with Crippen molar-refractivity contribution in [1.82, 2.24) is 19.9 Å². The molecule has 8 fully saturated rings. The minimum atomic E-state index is -1.12. The molecule has 0 radical (unpaired) electrons. The van der Waals surface area contributed by atoms with E-state index in [9.17, 15) is 20.4 Å². The second-order valence-corrected chi connectivity index (χ2v) is 32.7. The number of epoxide rings is 1. The third kappa shape index (κ3) is 7.72. The highest BCUT2D eigenvalue weighted by atomic mass is 16.6. The van der Waals surface area contributed by atoms with Crippen molar-refractivity contribution in [3.05, 3.63) is 92.6 Å². The zero-order chi connectivity index (χ0) is 60.3. The highest BCUT2D eigenvalue weighted by Gasteiger charge is 2.81. The van der Waals surface area contributed by atoms with E-state index in [0.717, 1.165) is 133 Å². The van der Waals surface area contributed by atoms with Gasteiger partial charge in [-0.05, 0) is 208 Å². The van der Waals surface area contributed by atoms with E-state index in [4.69, 9.17) is 9.47 Å². The van der Waals surface area contributed by atoms with Gasteiger partial charge in [-0.3, -0.25) is 14.4 Å². The molecular weight excluding hydrogens is 1090 g/mol. The zero-order valence-electron chi connectivity index (χ0n) is 53.1. The Morgan fingerprint density at radius 3 is 2.39 bits per heavy atom. The number of H-pyrrole nitrogens is 2. The molecular formula is C74H98N4O9. The van der Waals surface area contributed by atoms with Gasteiger partial charge in [-0.25, -0.2) is 0 Å². The summed E-state index contributed by atoms with van der Waals surface area (Å²) in [6.45, 7) is 14.9. The van der Waals surface area contributed by atoms with Crippen LogP contribution >= 0.6 is 0 Å². The molecule has 468 valence electrons. The lowest BCUT2D eigenvalue weighted by molar-refractivity contribution is -0.271. The first-order chi connectivity index (χ1) is 41.6. The fraction of sp³-hybridized carbons (Fsp3) is 0.716. The van der Waals surface area contributed by atoms with Gasteiger partial charge in [-0.15, -0.1) is 0 Å². The predicted octanol–water partition coefficient (Wildman–Crippen LogP) is 11.6. The van der Waals surface area contributed by atoms with Crippen molar-refractivity contribution in [2.45, 2.75) is 249 Å². The number of hydrogen-bond acceptors (Lipinski definition) is 10. The summed E-state index contributed by atoms with van der Waals surface area (Å²) in [4.78, 5) is 56.1. The molecule has 0 unspecified atom stereocenters. The molecule has 6 saturated carbocycles. The number of aromatic nitrogens is 3. The summed E-state index contributed by atoms with van der Waals surface area (Å²) in [6.07, 6.45) is 21.8. The first kappa shape index (κ1) is 57.9. The van der Waals surface area contributed by atoms with Crippen LogP contribution in [0, 0.1) is 56.2 Å². The molecule has 2 saturated heterocycles. The van der Waals surface area contributed by atoms with E-state index < -0.39 is 73.7 Å². The minimum Gasteiger partial charge on any atom is -0.396 e. The smallest absolute Gasteiger partial charge is 0.160 e. The Labute approximate surface area is 514 Å². The summed E-state index contributed by atoms with van der Waals surface area (Å²) >= 11 is 0. The van der Waals surface area contributed by atoms with Gasteiger partial charge in [0.05, 0.1) is 46.3 Å². The Morgan fingerprint density at radius 1 is 0.862 bits per heavy atom. The zero-order valence-corrected chi connectivity index (χ0v) is 53.1. The average molecular weight is 1190 g/mol. The van der Waals surface area contributed by atoms with E-state index in [-0.39, 0.29) is 48.1 Å².